The maximum Gasteiger partial charge on any atom is 0.410 e. The first-order valence-electron chi connectivity index (χ1n) is 15.5. The van der Waals surface area contributed by atoms with Gasteiger partial charge in [0.05, 0.1) is 6.20 Å². The second-order valence-electron chi connectivity index (χ2n) is 11.8. The number of aliphatic imine (C=N–C) groups is 1. The lowest BCUT2D eigenvalue weighted by Gasteiger charge is -2.37. The number of nitrogens with one attached hydrogen (secondary N) is 1. The predicted molar refractivity (Wildman–Crippen MR) is 168 cm³/mol. The van der Waals surface area contributed by atoms with Gasteiger partial charge in [-0.25, -0.2) is 9.59 Å². The number of amides is 4. The van der Waals surface area contributed by atoms with Crippen LogP contribution in [-0.4, -0.2) is 88.6 Å². The van der Waals surface area contributed by atoms with Crippen LogP contribution in [0.5, 0.6) is 5.75 Å². The summed E-state index contributed by atoms with van der Waals surface area (Å²) in [6.07, 6.45) is 5.54. The summed E-state index contributed by atoms with van der Waals surface area (Å²) in [5, 5.41) is 13.2. The molecule has 232 valence electrons. The van der Waals surface area contributed by atoms with E-state index in [9.17, 15) is 19.5 Å². The third-order valence-corrected chi connectivity index (χ3v) is 8.66. The number of ether oxygens (including phenoxy) is 1. The number of rotatable bonds is 6. The highest BCUT2D eigenvalue weighted by atomic mass is 16.6. The number of aryl methyl sites for hydroxylation is 2. The molecule has 0 bridgehead atoms. The van der Waals surface area contributed by atoms with Crippen LogP contribution in [0.25, 0.3) is 0 Å². The molecule has 3 aliphatic heterocycles. The van der Waals surface area contributed by atoms with Crippen molar-refractivity contribution in [2.24, 2.45) is 4.99 Å². The number of anilines is 1. The van der Waals surface area contributed by atoms with Crippen LogP contribution in [0.3, 0.4) is 0 Å². The number of benzene rings is 2. The number of phenolic OH excluding ortho intramolecular Hbond substituents is 1. The van der Waals surface area contributed by atoms with E-state index in [0.717, 1.165) is 49.2 Å². The Kier molecular flexibility index (Phi) is 10.1. The van der Waals surface area contributed by atoms with Crippen LogP contribution in [0, 0.1) is 13.8 Å². The molecule has 0 unspecified atom stereocenters. The molecule has 44 heavy (non-hydrogen) atoms. The normalized spacial score (nSPS) is 17.8. The fraction of sp³-hybridized carbons (Fsp3) is 0.471. The summed E-state index contributed by atoms with van der Waals surface area (Å²) in [5.74, 6) is 2.15. The lowest BCUT2D eigenvalue weighted by Crippen LogP contribution is -2.50. The Morgan fingerprint density at radius 2 is 1.77 bits per heavy atom. The molecule has 0 aliphatic carbocycles. The van der Waals surface area contributed by atoms with Crippen LogP contribution in [0.1, 0.15) is 54.4 Å². The van der Waals surface area contributed by atoms with Crippen molar-refractivity contribution in [2.75, 3.05) is 38.0 Å². The van der Waals surface area contributed by atoms with Gasteiger partial charge in [-0.2, -0.15) is 4.99 Å². The molecule has 0 saturated carbocycles. The molecule has 2 N–H and O–H groups in total. The van der Waals surface area contributed by atoms with E-state index in [4.69, 9.17) is 4.74 Å². The minimum Gasteiger partial charge on any atom is -0.507 e. The second-order valence-corrected chi connectivity index (χ2v) is 11.8. The fourth-order valence-electron chi connectivity index (χ4n) is 6.18. The monoisotopic (exact) mass is 599 g/mol. The third-order valence-electron chi connectivity index (χ3n) is 8.66. The van der Waals surface area contributed by atoms with Gasteiger partial charge >= 0.3 is 12.1 Å². The van der Waals surface area contributed by atoms with Gasteiger partial charge in [0.15, 0.2) is 6.10 Å². The van der Waals surface area contributed by atoms with E-state index in [1.807, 2.05) is 29.2 Å². The van der Waals surface area contributed by atoms with Crippen LogP contribution < -0.4 is 5.32 Å². The SMILES string of the molecule is Cc1cc(C[C@@H](OC(=O)N2CCC(N3CCc4ccccc4NC3=O)CC2)C(=O)N=C=C=CN2CCCCC2)cc(C)c1O. The summed E-state index contributed by atoms with van der Waals surface area (Å²) in [6, 6.07) is 11.3. The zero-order valence-corrected chi connectivity index (χ0v) is 25.6. The zero-order valence-electron chi connectivity index (χ0n) is 25.6. The molecule has 2 aromatic rings. The van der Waals surface area contributed by atoms with Gasteiger partial charge in [-0.15, -0.1) is 0 Å². The molecule has 4 amide bonds. The molecule has 5 rings (SSSR count). The van der Waals surface area contributed by atoms with Crippen molar-refractivity contribution >= 4 is 29.6 Å². The molecule has 10 nitrogen and oxygen atoms in total. The van der Waals surface area contributed by atoms with Crippen LogP contribution in [-0.2, 0) is 22.4 Å². The number of aromatic hydroxyl groups is 1. The van der Waals surface area contributed by atoms with E-state index in [2.05, 4.69) is 26.8 Å². The molecule has 1 atom stereocenters. The van der Waals surface area contributed by atoms with Crippen molar-refractivity contribution in [3.05, 3.63) is 70.6 Å². The van der Waals surface area contributed by atoms with Crippen LogP contribution in [0.4, 0.5) is 15.3 Å². The number of fused-ring (bicyclic) bond motifs is 1. The van der Waals surface area contributed by atoms with Gasteiger partial charge < -0.3 is 29.9 Å². The summed E-state index contributed by atoms with van der Waals surface area (Å²) in [4.78, 5) is 49.0. The Morgan fingerprint density at radius 1 is 1.07 bits per heavy atom. The van der Waals surface area contributed by atoms with Gasteiger partial charge in [0.25, 0.3) is 5.91 Å². The van der Waals surface area contributed by atoms with E-state index < -0.39 is 18.1 Å². The Balaban J connectivity index is 1.23. The topological polar surface area (TPSA) is 115 Å². The number of hydrogen-bond acceptors (Lipinski definition) is 6. The summed E-state index contributed by atoms with van der Waals surface area (Å²) in [6.45, 7) is 6.87. The smallest absolute Gasteiger partial charge is 0.410 e. The molecule has 3 heterocycles. The van der Waals surface area contributed by atoms with Gasteiger partial charge in [-0.05, 0) is 86.4 Å². The lowest BCUT2D eigenvalue weighted by atomic mass is 10.0. The molecular formula is C34H41N5O5. The minimum atomic E-state index is -1.16. The number of carbonyl (C=O) groups is 3. The molecule has 10 heteroatoms. The van der Waals surface area contributed by atoms with Crippen LogP contribution in [0.2, 0.25) is 0 Å². The number of hydrogen-bond donors (Lipinski definition) is 2. The number of nitrogens with zero attached hydrogens (tertiary/aromatic N) is 4. The van der Waals surface area contributed by atoms with E-state index >= 15 is 0 Å². The van der Waals surface area contributed by atoms with Crippen molar-refractivity contribution in [1.29, 1.82) is 0 Å². The number of piperidine rings is 2. The number of phenols is 1. The highest BCUT2D eigenvalue weighted by molar-refractivity contribution is 5.91. The predicted octanol–water partition coefficient (Wildman–Crippen LogP) is 4.96. The standard InChI is InChI=1S/C34H41N5O5/c1-24-21-26(22-25(2)31(24)40)23-30(32(41)35-14-8-17-37-15-6-3-7-16-37)44-34(43)38-18-12-28(13-19-38)39-20-11-27-9-4-5-10-29(27)36-33(39)42/h4-5,9-10,17,21-22,28,30,40H,3,6-7,11-13,15-16,18-20,23H2,1-2H3,(H,36,42)/t30-/m1/s1. The van der Waals surface area contributed by atoms with Crippen molar-refractivity contribution in [3.8, 4) is 5.75 Å². The van der Waals surface area contributed by atoms with Gasteiger partial charge in [0.1, 0.15) is 5.75 Å². The van der Waals surface area contributed by atoms with E-state index in [1.165, 1.54) is 6.42 Å². The number of para-hydroxylation sites is 1. The third kappa shape index (κ3) is 7.70. The average Bonchev–Trinajstić information content (AvgIpc) is 3.20. The number of likely N-dealkylation sites (tertiary alicyclic amines) is 2. The Morgan fingerprint density at radius 3 is 2.50 bits per heavy atom. The van der Waals surface area contributed by atoms with E-state index in [0.29, 0.717) is 43.6 Å². The minimum absolute atomic E-state index is 0.00448. The van der Waals surface area contributed by atoms with E-state index in [-0.39, 0.29) is 24.2 Å². The maximum absolute atomic E-state index is 13.3. The first kappa shape index (κ1) is 30.9. The average molecular weight is 600 g/mol. The molecule has 0 radical (unpaired) electrons. The first-order chi connectivity index (χ1) is 21.3. The molecule has 0 spiro atoms. The largest absolute Gasteiger partial charge is 0.507 e. The lowest BCUT2D eigenvalue weighted by molar-refractivity contribution is -0.126. The van der Waals surface area contributed by atoms with Crippen molar-refractivity contribution in [2.45, 2.75) is 70.9 Å². The fourth-order valence-corrected chi connectivity index (χ4v) is 6.18. The Hall–Kier alpha value is -4.52. The second kappa shape index (κ2) is 14.3. The van der Waals surface area contributed by atoms with Gasteiger partial charge in [-0.3, -0.25) is 4.79 Å². The number of carbonyl (C=O) groups excluding carboxylic acids is 3. The van der Waals surface area contributed by atoms with Crippen LogP contribution in [0.15, 0.2) is 53.3 Å². The Bertz CT molecular complexity index is 1460. The molecular weight excluding hydrogens is 558 g/mol. The summed E-state index contributed by atoms with van der Waals surface area (Å²) >= 11 is 0. The molecule has 0 aromatic heterocycles. The van der Waals surface area contributed by atoms with Crippen LogP contribution >= 0.6 is 0 Å². The van der Waals surface area contributed by atoms with Crippen molar-refractivity contribution < 1.29 is 24.2 Å². The van der Waals surface area contributed by atoms with Crippen molar-refractivity contribution in [3.63, 3.8) is 0 Å². The van der Waals surface area contributed by atoms with Gasteiger partial charge in [0.2, 0.25) is 0 Å². The molecule has 2 saturated heterocycles. The first-order valence-corrected chi connectivity index (χ1v) is 15.5. The van der Waals surface area contributed by atoms with Gasteiger partial charge in [0, 0.05) is 56.7 Å². The number of urea groups is 1. The summed E-state index contributed by atoms with van der Waals surface area (Å²) in [5.41, 5.74) is 6.89. The quantitative estimate of drug-likeness (QED) is 0.358. The van der Waals surface area contributed by atoms with Gasteiger partial charge in [-0.1, -0.05) is 30.3 Å². The highest BCUT2D eigenvalue weighted by Crippen LogP contribution is 2.26. The maximum atomic E-state index is 13.3. The summed E-state index contributed by atoms with van der Waals surface area (Å²) in [7, 11) is 0. The van der Waals surface area contributed by atoms with E-state index in [1.54, 1.807) is 37.1 Å². The molecule has 3 aliphatic rings. The highest BCUT2D eigenvalue weighted by Gasteiger charge is 2.33. The molecule has 2 fully saturated rings. The van der Waals surface area contributed by atoms with Crippen molar-refractivity contribution in [1.82, 2.24) is 14.7 Å². The molecule has 2 aromatic carbocycles. The zero-order chi connectivity index (χ0) is 31.1. The summed E-state index contributed by atoms with van der Waals surface area (Å²) < 4.78 is 5.78. The Labute approximate surface area is 258 Å².